The van der Waals surface area contributed by atoms with E-state index in [1.165, 1.54) is 12.1 Å². The lowest BCUT2D eigenvalue weighted by atomic mass is 10.3. The molecule has 22 heavy (non-hydrogen) atoms. The van der Waals surface area contributed by atoms with Crippen molar-refractivity contribution in [1.82, 2.24) is 4.98 Å². The fraction of sp³-hybridized carbons (Fsp3) is 0. The van der Waals surface area contributed by atoms with E-state index in [-0.39, 0.29) is 10.5 Å². The van der Waals surface area contributed by atoms with E-state index in [9.17, 15) is 22.0 Å². The number of rotatable bonds is 3. The lowest BCUT2D eigenvalue weighted by Crippen LogP contribution is -2.14. The van der Waals surface area contributed by atoms with Crippen LogP contribution in [-0.2, 0) is 10.0 Å². The third-order valence-corrected chi connectivity index (χ3v) is 4.24. The van der Waals surface area contributed by atoms with Crippen molar-refractivity contribution >= 4 is 26.8 Å². The lowest BCUT2D eigenvalue weighted by Gasteiger charge is -2.08. The molecule has 0 atom stereocenters. The summed E-state index contributed by atoms with van der Waals surface area (Å²) < 4.78 is 57.7. The highest BCUT2D eigenvalue weighted by Crippen LogP contribution is 2.22. The van der Waals surface area contributed by atoms with Gasteiger partial charge in [0.25, 0.3) is 10.0 Å². The monoisotopic (exact) mass is 326 g/mol. The second-order valence-electron chi connectivity index (χ2n) is 4.40. The van der Waals surface area contributed by atoms with Crippen LogP contribution in [0.3, 0.4) is 0 Å². The van der Waals surface area contributed by atoms with Crippen molar-refractivity contribution < 1.29 is 21.6 Å². The molecule has 0 saturated heterocycles. The highest BCUT2D eigenvalue weighted by Gasteiger charge is 2.18. The molecule has 0 aliphatic carbocycles. The Morgan fingerprint density at radius 1 is 1.09 bits per heavy atom. The number of hydrogen-bond donors (Lipinski definition) is 2. The Hall–Kier alpha value is -2.68. The highest BCUT2D eigenvalue weighted by molar-refractivity contribution is 7.92. The van der Waals surface area contributed by atoms with Gasteiger partial charge in [0.05, 0.1) is 16.1 Å². The van der Waals surface area contributed by atoms with E-state index in [0.29, 0.717) is 5.52 Å². The van der Waals surface area contributed by atoms with Crippen molar-refractivity contribution in [3.63, 3.8) is 0 Å². The van der Waals surface area contributed by atoms with Gasteiger partial charge in [-0.3, -0.25) is 9.71 Å². The van der Waals surface area contributed by atoms with Crippen molar-refractivity contribution in [1.29, 1.82) is 0 Å². The number of benzene rings is 2. The Bertz CT molecular complexity index is 1020. The van der Waals surface area contributed by atoms with E-state index in [1.54, 1.807) is 0 Å². The number of fused-ring (bicyclic) bond motifs is 1. The Morgan fingerprint density at radius 3 is 2.64 bits per heavy atom. The van der Waals surface area contributed by atoms with Gasteiger partial charge < -0.3 is 4.42 Å². The molecule has 3 rings (SSSR count). The summed E-state index contributed by atoms with van der Waals surface area (Å²) in [6, 6.07) is 6.04. The number of anilines is 1. The average Bonchev–Trinajstić information content (AvgIpc) is 2.81. The van der Waals surface area contributed by atoms with E-state index < -0.39 is 33.1 Å². The quantitative estimate of drug-likeness (QED) is 0.772. The number of nitrogens with one attached hydrogen (secondary N) is 2. The number of aromatic nitrogens is 1. The first-order valence-corrected chi connectivity index (χ1v) is 7.44. The van der Waals surface area contributed by atoms with E-state index in [1.807, 2.05) is 4.72 Å². The van der Waals surface area contributed by atoms with Crippen molar-refractivity contribution in [3.05, 3.63) is 58.6 Å². The van der Waals surface area contributed by atoms with Crippen molar-refractivity contribution in [2.75, 3.05) is 4.72 Å². The molecule has 1 heterocycles. The Kier molecular flexibility index (Phi) is 3.21. The largest absolute Gasteiger partial charge is 0.417 e. The van der Waals surface area contributed by atoms with Crippen LogP contribution in [0.5, 0.6) is 0 Å². The average molecular weight is 326 g/mol. The molecule has 0 bridgehead atoms. The maximum atomic E-state index is 13.5. The van der Waals surface area contributed by atoms with Gasteiger partial charge in [0.2, 0.25) is 0 Å². The zero-order valence-electron chi connectivity index (χ0n) is 10.8. The third-order valence-electron chi connectivity index (χ3n) is 2.88. The van der Waals surface area contributed by atoms with Gasteiger partial charge in [-0.05, 0) is 24.3 Å². The molecule has 3 aromatic rings. The number of sulfonamides is 1. The molecular weight excluding hydrogens is 318 g/mol. The maximum absolute atomic E-state index is 13.5. The van der Waals surface area contributed by atoms with Gasteiger partial charge in [-0.25, -0.2) is 22.0 Å². The molecule has 0 amide bonds. The second kappa shape index (κ2) is 4.95. The molecule has 114 valence electrons. The summed E-state index contributed by atoms with van der Waals surface area (Å²) in [5.74, 6) is -2.43. The fourth-order valence-electron chi connectivity index (χ4n) is 1.87. The van der Waals surface area contributed by atoms with Crippen molar-refractivity contribution in [3.8, 4) is 0 Å². The van der Waals surface area contributed by atoms with Gasteiger partial charge in [0.1, 0.15) is 11.6 Å². The van der Waals surface area contributed by atoms with Crippen LogP contribution in [0.25, 0.3) is 11.1 Å². The molecule has 0 radical (unpaired) electrons. The second-order valence-corrected chi connectivity index (χ2v) is 6.08. The Labute approximate surface area is 122 Å². The van der Waals surface area contributed by atoms with E-state index in [4.69, 9.17) is 4.42 Å². The lowest BCUT2D eigenvalue weighted by molar-refractivity contribution is 0.554. The number of halogens is 2. The summed E-state index contributed by atoms with van der Waals surface area (Å²) in [5.41, 5.74) is -0.163. The minimum Gasteiger partial charge on any atom is -0.408 e. The first kappa shape index (κ1) is 14.3. The topological polar surface area (TPSA) is 92.2 Å². The molecule has 0 saturated carbocycles. The summed E-state index contributed by atoms with van der Waals surface area (Å²) in [7, 11) is -4.17. The molecule has 1 aromatic heterocycles. The summed E-state index contributed by atoms with van der Waals surface area (Å²) in [5, 5.41) is 0. The highest BCUT2D eigenvalue weighted by atomic mass is 32.2. The predicted molar refractivity (Wildman–Crippen MR) is 74.0 cm³/mol. The maximum Gasteiger partial charge on any atom is 0.417 e. The summed E-state index contributed by atoms with van der Waals surface area (Å²) in [6.07, 6.45) is 0. The van der Waals surface area contributed by atoms with E-state index in [0.717, 1.165) is 24.3 Å². The van der Waals surface area contributed by atoms with Crippen LogP contribution in [0.15, 0.2) is 50.5 Å². The summed E-state index contributed by atoms with van der Waals surface area (Å²) >= 11 is 0. The zero-order valence-corrected chi connectivity index (χ0v) is 11.6. The van der Waals surface area contributed by atoms with Gasteiger partial charge in [-0.15, -0.1) is 0 Å². The smallest absolute Gasteiger partial charge is 0.408 e. The fourth-order valence-corrected chi connectivity index (χ4v) is 2.95. The third kappa shape index (κ3) is 2.58. The van der Waals surface area contributed by atoms with Gasteiger partial charge >= 0.3 is 5.76 Å². The predicted octanol–water partition coefficient (Wildman–Crippen LogP) is 2.20. The molecular formula is C13H8F2N2O4S. The van der Waals surface area contributed by atoms with Crippen LogP contribution in [0.4, 0.5) is 14.5 Å². The Morgan fingerprint density at radius 2 is 1.86 bits per heavy atom. The first-order chi connectivity index (χ1) is 10.3. The first-order valence-electron chi connectivity index (χ1n) is 5.96. The molecule has 2 N–H and O–H groups in total. The molecule has 9 heteroatoms. The van der Waals surface area contributed by atoms with E-state index in [2.05, 4.69) is 4.98 Å². The van der Waals surface area contributed by atoms with Gasteiger partial charge in [-0.1, -0.05) is 0 Å². The van der Waals surface area contributed by atoms with Crippen LogP contribution in [0, 0.1) is 11.6 Å². The van der Waals surface area contributed by atoms with Gasteiger partial charge in [0, 0.05) is 12.1 Å². The summed E-state index contributed by atoms with van der Waals surface area (Å²) in [4.78, 5) is 13.1. The van der Waals surface area contributed by atoms with E-state index >= 15 is 0 Å². The molecule has 0 spiro atoms. The van der Waals surface area contributed by atoms with Gasteiger partial charge in [-0.2, -0.15) is 0 Å². The zero-order chi connectivity index (χ0) is 15.9. The number of hydrogen-bond acceptors (Lipinski definition) is 4. The van der Waals surface area contributed by atoms with Crippen molar-refractivity contribution in [2.24, 2.45) is 0 Å². The molecule has 6 nitrogen and oxygen atoms in total. The minimum atomic E-state index is -4.17. The Balaban J connectivity index is 2.03. The molecule has 0 aliphatic rings. The normalized spacial score (nSPS) is 11.7. The number of aromatic amines is 1. The van der Waals surface area contributed by atoms with Crippen LogP contribution in [0.1, 0.15) is 0 Å². The SMILES string of the molecule is O=c1[nH]c2ccc(S(=O)(=O)Nc3cc(F)ccc3F)cc2o1. The van der Waals surface area contributed by atoms with Crippen LogP contribution >= 0.6 is 0 Å². The minimum absolute atomic E-state index is 0.0348. The molecule has 0 fully saturated rings. The number of oxazole rings is 1. The standard InChI is InChI=1S/C13H8F2N2O4S/c14-7-1-3-9(15)11(5-7)17-22(19,20)8-2-4-10-12(6-8)21-13(18)16-10/h1-6,17H,(H,16,18). The van der Waals surface area contributed by atoms with Crippen LogP contribution in [-0.4, -0.2) is 13.4 Å². The molecule has 0 aliphatic heterocycles. The van der Waals surface area contributed by atoms with Gasteiger partial charge in [0.15, 0.2) is 5.58 Å². The summed E-state index contributed by atoms with van der Waals surface area (Å²) in [6.45, 7) is 0. The van der Waals surface area contributed by atoms with Crippen LogP contribution in [0.2, 0.25) is 0 Å². The molecule has 0 unspecified atom stereocenters. The number of H-pyrrole nitrogens is 1. The van der Waals surface area contributed by atoms with Crippen LogP contribution < -0.4 is 10.5 Å². The molecule has 2 aromatic carbocycles. The van der Waals surface area contributed by atoms with Crippen molar-refractivity contribution in [2.45, 2.75) is 4.90 Å².